The van der Waals surface area contributed by atoms with Crippen molar-refractivity contribution in [1.29, 1.82) is 0 Å². The van der Waals surface area contributed by atoms with Crippen LogP contribution in [0.4, 0.5) is 0 Å². The Morgan fingerprint density at radius 2 is 2.05 bits per heavy atom. The van der Waals surface area contributed by atoms with Crippen LogP contribution < -0.4 is 4.74 Å². The van der Waals surface area contributed by atoms with Gasteiger partial charge in [0.15, 0.2) is 0 Å². The predicted octanol–water partition coefficient (Wildman–Crippen LogP) is 4.19. The van der Waals surface area contributed by atoms with E-state index in [9.17, 15) is 0 Å². The number of nitrogens with one attached hydrogen (secondary N) is 1. The summed E-state index contributed by atoms with van der Waals surface area (Å²) in [6, 6.07) is 9.13. The first-order valence-corrected chi connectivity index (χ1v) is 7.92. The molecule has 1 aliphatic heterocycles. The van der Waals surface area contributed by atoms with Gasteiger partial charge in [0.2, 0.25) is 0 Å². The third-order valence-electron chi connectivity index (χ3n) is 5.35. The monoisotopic (exact) mass is 294 g/mol. The summed E-state index contributed by atoms with van der Waals surface area (Å²) in [5.41, 5.74) is 6.86. The Morgan fingerprint density at radius 3 is 2.82 bits per heavy atom. The maximum Gasteiger partial charge on any atom is 0.119 e. The van der Waals surface area contributed by atoms with Crippen LogP contribution in [-0.2, 0) is 6.42 Å². The Balaban J connectivity index is 2.08. The number of aromatic nitrogens is 1. The van der Waals surface area contributed by atoms with Gasteiger partial charge in [-0.3, -0.25) is 4.90 Å². The molecule has 114 valence electrons. The van der Waals surface area contributed by atoms with E-state index >= 15 is 0 Å². The first kappa shape index (κ1) is 13.6. The van der Waals surface area contributed by atoms with Crippen molar-refractivity contribution in [2.45, 2.75) is 26.3 Å². The molecule has 0 fully saturated rings. The lowest BCUT2D eigenvalue weighted by molar-refractivity contribution is 0.247. The zero-order valence-electron chi connectivity index (χ0n) is 13.7. The molecule has 3 nitrogen and oxygen atoms in total. The minimum Gasteiger partial charge on any atom is -0.497 e. The summed E-state index contributed by atoms with van der Waals surface area (Å²) in [5.74, 6) is 0.911. The lowest BCUT2D eigenvalue weighted by Crippen LogP contribution is -2.30. The van der Waals surface area contributed by atoms with Crippen molar-refractivity contribution in [2.75, 3.05) is 20.7 Å². The molecule has 0 saturated carbocycles. The molecule has 1 N–H and O–H groups in total. The second-order valence-corrected chi connectivity index (χ2v) is 6.44. The van der Waals surface area contributed by atoms with E-state index in [1.807, 2.05) is 6.07 Å². The molecule has 22 heavy (non-hydrogen) atoms. The number of rotatable bonds is 1. The fourth-order valence-electron chi connectivity index (χ4n) is 3.80. The van der Waals surface area contributed by atoms with Gasteiger partial charge >= 0.3 is 0 Å². The van der Waals surface area contributed by atoms with E-state index in [0.717, 1.165) is 18.7 Å². The van der Waals surface area contributed by atoms with Crippen LogP contribution in [0.25, 0.3) is 21.8 Å². The molecule has 1 aliphatic rings. The topological polar surface area (TPSA) is 28.3 Å². The average molecular weight is 294 g/mol. The summed E-state index contributed by atoms with van der Waals surface area (Å²) < 4.78 is 5.40. The Hall–Kier alpha value is -2.00. The fourth-order valence-corrected chi connectivity index (χ4v) is 3.80. The summed E-state index contributed by atoms with van der Waals surface area (Å²) in [6.07, 6.45) is 1.14. The molecular formula is C19H22N2O. The van der Waals surface area contributed by atoms with Gasteiger partial charge in [0.05, 0.1) is 7.11 Å². The molecule has 0 bridgehead atoms. The molecule has 0 unspecified atom stereocenters. The van der Waals surface area contributed by atoms with Gasteiger partial charge in [-0.1, -0.05) is 0 Å². The first-order valence-electron chi connectivity index (χ1n) is 7.92. The van der Waals surface area contributed by atoms with Crippen molar-refractivity contribution >= 4 is 21.8 Å². The van der Waals surface area contributed by atoms with Crippen molar-refractivity contribution in [2.24, 2.45) is 0 Å². The van der Waals surface area contributed by atoms with Crippen LogP contribution in [0, 0.1) is 6.92 Å². The molecule has 2 aromatic carbocycles. The van der Waals surface area contributed by atoms with Gasteiger partial charge in [0.1, 0.15) is 5.75 Å². The van der Waals surface area contributed by atoms with Gasteiger partial charge in [-0.25, -0.2) is 0 Å². The first-order chi connectivity index (χ1) is 10.6. The van der Waals surface area contributed by atoms with Gasteiger partial charge in [-0.15, -0.1) is 0 Å². The quantitative estimate of drug-likeness (QED) is 0.729. The molecular weight excluding hydrogens is 272 g/mol. The van der Waals surface area contributed by atoms with Crippen LogP contribution in [0.1, 0.15) is 29.7 Å². The zero-order valence-corrected chi connectivity index (χ0v) is 13.7. The van der Waals surface area contributed by atoms with E-state index in [1.165, 1.54) is 38.5 Å². The number of hydrogen-bond donors (Lipinski definition) is 1. The molecule has 3 heteroatoms. The zero-order chi connectivity index (χ0) is 15.4. The molecule has 2 heterocycles. The molecule has 4 rings (SSSR count). The lowest BCUT2D eigenvalue weighted by atomic mass is 9.88. The number of benzene rings is 2. The maximum atomic E-state index is 5.40. The molecule has 0 spiro atoms. The average Bonchev–Trinajstić information content (AvgIpc) is 2.90. The number of fused-ring (bicyclic) bond motifs is 4. The molecule has 0 aliphatic carbocycles. The van der Waals surface area contributed by atoms with Crippen molar-refractivity contribution in [1.82, 2.24) is 9.88 Å². The highest BCUT2D eigenvalue weighted by Gasteiger charge is 2.24. The molecule has 3 aromatic rings. The minimum absolute atomic E-state index is 0.474. The van der Waals surface area contributed by atoms with Crippen LogP contribution in [0.3, 0.4) is 0 Å². The van der Waals surface area contributed by atoms with Crippen LogP contribution in [-0.4, -0.2) is 30.6 Å². The van der Waals surface area contributed by atoms with E-state index in [1.54, 1.807) is 7.11 Å². The molecule has 0 radical (unpaired) electrons. The molecule has 0 saturated heterocycles. The predicted molar refractivity (Wildman–Crippen MR) is 91.8 cm³/mol. The Labute approximate surface area is 130 Å². The molecule has 1 atom stereocenters. The van der Waals surface area contributed by atoms with Crippen LogP contribution in [0.5, 0.6) is 5.75 Å². The Kier molecular flexibility index (Phi) is 2.95. The number of nitrogens with zero attached hydrogens (tertiary/aromatic N) is 1. The standard InChI is InChI=1S/C19H22N2O/c1-11-14-7-8-21(3)12(2)15(14)10-17-16-9-13(22-4)5-6-18(16)20-19(11)17/h5-6,9-10,12,20H,7-8H2,1-4H3/t12-/m0/s1. The SMILES string of the molecule is COc1ccc2[nH]c3c(C)c4c(cc3c2c1)[C@H](C)N(C)CC4. The van der Waals surface area contributed by atoms with Crippen molar-refractivity contribution in [3.8, 4) is 5.75 Å². The van der Waals surface area contributed by atoms with E-state index in [0.29, 0.717) is 6.04 Å². The second-order valence-electron chi connectivity index (χ2n) is 6.44. The number of H-pyrrole nitrogens is 1. The largest absolute Gasteiger partial charge is 0.497 e. The van der Waals surface area contributed by atoms with E-state index < -0.39 is 0 Å². The van der Waals surface area contributed by atoms with Crippen molar-refractivity contribution in [3.63, 3.8) is 0 Å². The number of hydrogen-bond acceptors (Lipinski definition) is 2. The molecule has 0 amide bonds. The highest BCUT2D eigenvalue weighted by Crippen LogP contribution is 2.38. The van der Waals surface area contributed by atoms with Crippen molar-refractivity contribution < 1.29 is 4.74 Å². The smallest absolute Gasteiger partial charge is 0.119 e. The maximum absolute atomic E-state index is 5.40. The second kappa shape index (κ2) is 4.75. The van der Waals surface area contributed by atoms with Crippen LogP contribution in [0.15, 0.2) is 24.3 Å². The third kappa shape index (κ3) is 1.78. The van der Waals surface area contributed by atoms with Crippen LogP contribution in [0.2, 0.25) is 0 Å². The van der Waals surface area contributed by atoms with Crippen molar-refractivity contribution in [3.05, 3.63) is 41.0 Å². The summed E-state index contributed by atoms with van der Waals surface area (Å²) in [6.45, 7) is 5.69. The lowest BCUT2D eigenvalue weighted by Gasteiger charge is -2.33. The number of ether oxygens (including phenoxy) is 1. The summed E-state index contributed by atoms with van der Waals surface area (Å²) in [4.78, 5) is 6.04. The number of aromatic amines is 1. The van der Waals surface area contributed by atoms with Crippen LogP contribution >= 0.6 is 0 Å². The van der Waals surface area contributed by atoms with Gasteiger partial charge in [-0.2, -0.15) is 0 Å². The van der Waals surface area contributed by atoms with Gasteiger partial charge in [0, 0.05) is 34.4 Å². The highest BCUT2D eigenvalue weighted by molar-refractivity contribution is 6.09. The van der Waals surface area contributed by atoms with E-state index in [-0.39, 0.29) is 0 Å². The molecule has 1 aromatic heterocycles. The summed E-state index contributed by atoms with van der Waals surface area (Å²) in [7, 11) is 3.94. The summed E-state index contributed by atoms with van der Waals surface area (Å²) >= 11 is 0. The van der Waals surface area contributed by atoms with Gasteiger partial charge in [0.25, 0.3) is 0 Å². The summed E-state index contributed by atoms with van der Waals surface area (Å²) in [5, 5.41) is 2.56. The fraction of sp³-hybridized carbons (Fsp3) is 0.368. The Bertz CT molecular complexity index is 878. The highest BCUT2D eigenvalue weighted by atomic mass is 16.5. The third-order valence-corrected chi connectivity index (χ3v) is 5.35. The number of methoxy groups -OCH3 is 1. The van der Waals surface area contributed by atoms with E-state index in [4.69, 9.17) is 4.74 Å². The van der Waals surface area contributed by atoms with E-state index in [2.05, 4.69) is 49.0 Å². The number of likely N-dealkylation sites (N-methyl/N-ethyl adjacent to an activating group) is 1. The van der Waals surface area contributed by atoms with Gasteiger partial charge < -0.3 is 9.72 Å². The Morgan fingerprint density at radius 1 is 1.23 bits per heavy atom. The number of aryl methyl sites for hydroxylation is 1. The van der Waals surface area contributed by atoms with Gasteiger partial charge in [-0.05, 0) is 68.3 Å². The minimum atomic E-state index is 0.474. The normalized spacial score (nSPS) is 18.8.